The molecule has 0 aliphatic heterocycles. The summed E-state index contributed by atoms with van der Waals surface area (Å²) in [4.78, 5) is 15.5. The van der Waals surface area contributed by atoms with Crippen LogP contribution in [0.15, 0.2) is 54.7 Å². The number of nitrogen functional groups attached to an aromatic ring is 1. The van der Waals surface area contributed by atoms with E-state index in [4.69, 9.17) is 12.3 Å². The molecule has 156 valence electrons. The summed E-state index contributed by atoms with van der Waals surface area (Å²) >= 11 is 0. The van der Waals surface area contributed by atoms with Crippen LogP contribution in [0.2, 0.25) is 0 Å². The Labute approximate surface area is 186 Å². The Bertz CT molecular complexity index is 1410. The van der Waals surface area contributed by atoms with Gasteiger partial charge in [0.05, 0.1) is 18.0 Å². The highest BCUT2D eigenvalue weighted by Gasteiger charge is 2.28. The molecule has 1 fully saturated rings. The van der Waals surface area contributed by atoms with Crippen molar-refractivity contribution in [3.63, 3.8) is 0 Å². The number of nitrogens with one attached hydrogen (secondary N) is 1. The van der Waals surface area contributed by atoms with Gasteiger partial charge in [-0.2, -0.15) is 0 Å². The summed E-state index contributed by atoms with van der Waals surface area (Å²) in [5, 5.41) is 11.5. The van der Waals surface area contributed by atoms with Crippen LogP contribution in [0.25, 0.3) is 38.3 Å². The fourth-order valence-electron chi connectivity index (χ4n) is 4.24. The summed E-state index contributed by atoms with van der Waals surface area (Å²) in [7, 11) is 0. The van der Waals surface area contributed by atoms with Gasteiger partial charge in [-0.15, -0.1) is 0 Å². The minimum atomic E-state index is -0.882. The average molecular weight is 419 g/mol. The first-order chi connectivity index (χ1) is 15.5. The van der Waals surface area contributed by atoms with Crippen molar-refractivity contribution in [3.05, 3.63) is 71.7 Å². The maximum atomic E-state index is 10.6. The smallest absolute Gasteiger partial charge is 0.220 e. The lowest BCUT2D eigenvalue weighted by atomic mass is 10.00. The molecule has 32 heavy (non-hydrogen) atoms. The van der Waals surface area contributed by atoms with Gasteiger partial charge in [-0.1, -0.05) is 36.1 Å². The molecule has 6 heteroatoms. The Balaban J connectivity index is 1.69. The number of benzene rings is 2. The maximum absolute atomic E-state index is 10.6. The zero-order valence-corrected chi connectivity index (χ0v) is 17.4. The van der Waals surface area contributed by atoms with E-state index in [2.05, 4.69) is 31.6 Å². The van der Waals surface area contributed by atoms with Crippen molar-refractivity contribution in [2.24, 2.45) is 0 Å². The Hall–Kier alpha value is -4.13. The summed E-state index contributed by atoms with van der Waals surface area (Å²) in [5.74, 6) is 6.45. The molecule has 0 spiro atoms. The first-order valence-electron chi connectivity index (χ1n) is 10.5. The molecule has 1 saturated carbocycles. The number of nitrogens with two attached hydrogens (primary N) is 1. The lowest BCUT2D eigenvalue weighted by Crippen LogP contribution is -2.20. The number of H-pyrrole nitrogens is 1. The van der Waals surface area contributed by atoms with Gasteiger partial charge in [0.15, 0.2) is 5.69 Å². The third-order valence-corrected chi connectivity index (χ3v) is 5.88. The summed E-state index contributed by atoms with van der Waals surface area (Å²) in [6, 6.07) is 15.2. The van der Waals surface area contributed by atoms with Crippen LogP contribution in [0.5, 0.6) is 0 Å². The summed E-state index contributed by atoms with van der Waals surface area (Å²) in [6.07, 6.45) is 5.11. The van der Waals surface area contributed by atoms with Crippen molar-refractivity contribution < 1.29 is 5.11 Å². The van der Waals surface area contributed by atoms with E-state index >= 15 is 0 Å². The molecule has 0 bridgehead atoms. The maximum Gasteiger partial charge on any atom is 0.220 e. The van der Waals surface area contributed by atoms with E-state index in [9.17, 15) is 5.11 Å². The van der Waals surface area contributed by atoms with Crippen molar-refractivity contribution in [1.29, 1.82) is 0 Å². The number of hydrogen-bond acceptors (Lipinski definition) is 4. The molecule has 4 aromatic rings. The molecule has 1 aliphatic carbocycles. The fraction of sp³-hybridized carbons (Fsp3) is 0.192. The number of hydrogen-bond donors (Lipinski definition) is 3. The average Bonchev–Trinajstić information content (AvgIpc) is 3.41. The van der Waals surface area contributed by atoms with Gasteiger partial charge in [0.1, 0.15) is 5.60 Å². The van der Waals surface area contributed by atoms with Crippen LogP contribution >= 0.6 is 0 Å². The van der Waals surface area contributed by atoms with E-state index < -0.39 is 5.60 Å². The van der Waals surface area contributed by atoms with Gasteiger partial charge in [0.25, 0.3) is 0 Å². The van der Waals surface area contributed by atoms with Gasteiger partial charge < -0.3 is 15.8 Å². The molecule has 4 N–H and O–H groups in total. The standard InChI is InChI=1S/C26H21N5O/c1-28-19-7-5-18(6-8-19)24-23(22-11-15-29-25(27)31-22)20-16-17(4-9-21(20)30-24)10-14-26(32)12-2-3-13-26/h4-9,11,15-16,30,32H,2-3,12-13H2,(H2,27,29,31). The van der Waals surface area contributed by atoms with Crippen molar-refractivity contribution in [3.8, 4) is 34.4 Å². The third kappa shape index (κ3) is 3.69. The molecule has 0 atom stereocenters. The third-order valence-electron chi connectivity index (χ3n) is 5.88. The Morgan fingerprint density at radius 2 is 1.88 bits per heavy atom. The minimum absolute atomic E-state index is 0.200. The number of aromatic nitrogens is 3. The quantitative estimate of drug-likeness (QED) is 0.312. The predicted molar refractivity (Wildman–Crippen MR) is 126 cm³/mol. The van der Waals surface area contributed by atoms with E-state index in [1.807, 2.05) is 36.4 Å². The van der Waals surface area contributed by atoms with Crippen molar-refractivity contribution in [2.75, 3.05) is 5.73 Å². The molecule has 2 aromatic heterocycles. The van der Waals surface area contributed by atoms with Crippen LogP contribution in [0.4, 0.5) is 11.6 Å². The topological polar surface area (TPSA) is 92.2 Å². The van der Waals surface area contributed by atoms with Crippen molar-refractivity contribution in [1.82, 2.24) is 15.0 Å². The highest BCUT2D eigenvalue weighted by molar-refractivity contribution is 6.03. The monoisotopic (exact) mass is 419 g/mol. The number of rotatable bonds is 2. The molecule has 1 aliphatic rings. The second-order valence-electron chi connectivity index (χ2n) is 8.08. The molecule has 2 heterocycles. The highest BCUT2D eigenvalue weighted by atomic mass is 16.3. The predicted octanol–water partition coefficient (Wildman–Crippen LogP) is 5.08. The molecule has 5 rings (SSSR count). The van der Waals surface area contributed by atoms with E-state index in [-0.39, 0.29) is 5.95 Å². The molecule has 0 amide bonds. The first-order valence-corrected chi connectivity index (χ1v) is 10.5. The zero-order chi connectivity index (χ0) is 22.1. The lowest BCUT2D eigenvalue weighted by Gasteiger charge is -2.12. The summed E-state index contributed by atoms with van der Waals surface area (Å²) in [6.45, 7) is 7.20. The van der Waals surface area contributed by atoms with Crippen LogP contribution < -0.4 is 5.73 Å². The number of aliphatic hydroxyl groups is 1. The molecular formula is C26H21N5O. The van der Waals surface area contributed by atoms with E-state index in [1.54, 1.807) is 18.3 Å². The Morgan fingerprint density at radius 1 is 1.09 bits per heavy atom. The van der Waals surface area contributed by atoms with Gasteiger partial charge in [0, 0.05) is 28.2 Å². The second-order valence-corrected chi connectivity index (χ2v) is 8.08. The molecule has 2 aromatic carbocycles. The van der Waals surface area contributed by atoms with Crippen molar-refractivity contribution >= 4 is 22.5 Å². The normalized spacial score (nSPS) is 14.6. The van der Waals surface area contributed by atoms with Gasteiger partial charge in [-0.05, 0) is 55.5 Å². The summed E-state index contributed by atoms with van der Waals surface area (Å²) < 4.78 is 0. The van der Waals surface area contributed by atoms with E-state index in [0.29, 0.717) is 11.4 Å². The van der Waals surface area contributed by atoms with Gasteiger partial charge >= 0.3 is 0 Å². The Kier molecular flexibility index (Phi) is 4.86. The van der Waals surface area contributed by atoms with Crippen LogP contribution in [-0.2, 0) is 0 Å². The summed E-state index contributed by atoms with van der Waals surface area (Å²) in [5.41, 5.74) is 10.8. The highest BCUT2D eigenvalue weighted by Crippen LogP contribution is 2.38. The minimum Gasteiger partial charge on any atom is -0.378 e. The molecule has 0 saturated heterocycles. The lowest BCUT2D eigenvalue weighted by molar-refractivity contribution is 0.110. The number of nitrogens with zero attached hydrogens (tertiary/aromatic N) is 3. The number of anilines is 1. The zero-order valence-electron chi connectivity index (χ0n) is 17.4. The van der Waals surface area contributed by atoms with Crippen LogP contribution in [0.3, 0.4) is 0 Å². The van der Waals surface area contributed by atoms with Crippen LogP contribution in [0, 0.1) is 18.4 Å². The van der Waals surface area contributed by atoms with E-state index in [0.717, 1.165) is 59.0 Å². The number of fused-ring (bicyclic) bond motifs is 1. The second kappa shape index (κ2) is 7.85. The van der Waals surface area contributed by atoms with Crippen molar-refractivity contribution in [2.45, 2.75) is 31.3 Å². The molecule has 0 unspecified atom stereocenters. The molecule has 6 nitrogen and oxygen atoms in total. The van der Waals surface area contributed by atoms with Crippen LogP contribution in [0.1, 0.15) is 31.2 Å². The van der Waals surface area contributed by atoms with Crippen LogP contribution in [-0.4, -0.2) is 25.7 Å². The van der Waals surface area contributed by atoms with Gasteiger partial charge in [-0.3, -0.25) is 0 Å². The molecule has 0 radical (unpaired) electrons. The molecular weight excluding hydrogens is 398 g/mol. The van der Waals surface area contributed by atoms with Gasteiger partial charge in [-0.25, -0.2) is 14.8 Å². The fourth-order valence-corrected chi connectivity index (χ4v) is 4.24. The van der Waals surface area contributed by atoms with E-state index in [1.165, 1.54) is 0 Å². The SMILES string of the molecule is [C-]#[N+]c1ccc(-c2[nH]c3ccc(C#CC4(O)CCCC4)cc3c2-c2ccnc(N)n2)cc1. The Morgan fingerprint density at radius 3 is 2.59 bits per heavy atom. The largest absolute Gasteiger partial charge is 0.378 e. The number of aromatic amines is 1. The first kappa shape index (κ1) is 19.8. The van der Waals surface area contributed by atoms with Gasteiger partial charge in [0.2, 0.25) is 5.95 Å².